The van der Waals surface area contributed by atoms with Crippen molar-refractivity contribution in [3.63, 3.8) is 0 Å². The Balaban J connectivity index is 1.40. The fourth-order valence-electron chi connectivity index (χ4n) is 4.30. The largest absolute Gasteiger partial charge is 0.336 e. The van der Waals surface area contributed by atoms with Gasteiger partial charge in [-0.2, -0.15) is 4.31 Å². The summed E-state index contributed by atoms with van der Waals surface area (Å²) in [4.78, 5) is 18.5. The Kier molecular flexibility index (Phi) is 5.96. The molecule has 1 saturated heterocycles. The number of hydrogen-bond acceptors (Lipinski definition) is 4. The van der Waals surface area contributed by atoms with Crippen molar-refractivity contribution >= 4 is 15.9 Å². The SMILES string of the molecule is O=C(c1cccnc1)N1CCN(S(=O)(=O)c2ccc(C3CCCCC3)cc2)CC1. The lowest BCUT2D eigenvalue weighted by molar-refractivity contribution is 0.0697. The number of rotatable bonds is 4. The van der Waals surface area contributed by atoms with Crippen LogP contribution in [0.4, 0.5) is 0 Å². The Morgan fingerprint density at radius 3 is 2.24 bits per heavy atom. The molecule has 0 radical (unpaired) electrons. The zero-order valence-corrected chi connectivity index (χ0v) is 17.4. The van der Waals surface area contributed by atoms with Gasteiger partial charge in [0.25, 0.3) is 5.91 Å². The zero-order chi connectivity index (χ0) is 20.3. The van der Waals surface area contributed by atoms with Crippen molar-refractivity contribution in [2.24, 2.45) is 0 Å². The molecule has 1 amide bonds. The van der Waals surface area contributed by atoms with Crippen molar-refractivity contribution in [1.29, 1.82) is 0 Å². The van der Waals surface area contributed by atoms with Crippen LogP contribution in [0, 0.1) is 0 Å². The predicted octanol–water partition coefficient (Wildman–Crippen LogP) is 3.28. The second kappa shape index (κ2) is 8.63. The first-order chi connectivity index (χ1) is 14.1. The van der Waals surface area contributed by atoms with E-state index in [9.17, 15) is 13.2 Å². The number of aromatic nitrogens is 1. The number of benzene rings is 1. The Labute approximate surface area is 172 Å². The fraction of sp³-hybridized carbons (Fsp3) is 0.455. The Morgan fingerprint density at radius 1 is 0.931 bits per heavy atom. The van der Waals surface area contributed by atoms with Gasteiger partial charge in [-0.25, -0.2) is 8.42 Å². The fourth-order valence-corrected chi connectivity index (χ4v) is 5.72. The van der Waals surface area contributed by atoms with Crippen molar-refractivity contribution in [2.75, 3.05) is 26.2 Å². The quantitative estimate of drug-likeness (QED) is 0.771. The monoisotopic (exact) mass is 413 g/mol. The van der Waals surface area contributed by atoms with Gasteiger partial charge in [-0.05, 0) is 48.6 Å². The summed E-state index contributed by atoms with van der Waals surface area (Å²) in [5.74, 6) is 0.453. The summed E-state index contributed by atoms with van der Waals surface area (Å²) in [5, 5.41) is 0. The number of carbonyl (C=O) groups is 1. The van der Waals surface area contributed by atoms with Gasteiger partial charge in [0.15, 0.2) is 0 Å². The van der Waals surface area contributed by atoms with Crippen LogP contribution < -0.4 is 0 Å². The van der Waals surface area contributed by atoms with Gasteiger partial charge in [0.2, 0.25) is 10.0 Å². The summed E-state index contributed by atoms with van der Waals surface area (Å²) in [7, 11) is -3.54. The maximum Gasteiger partial charge on any atom is 0.255 e. The van der Waals surface area contributed by atoms with Gasteiger partial charge in [0.1, 0.15) is 0 Å². The van der Waals surface area contributed by atoms with E-state index in [0.717, 1.165) is 0 Å². The molecule has 1 aromatic heterocycles. The minimum atomic E-state index is -3.54. The molecular formula is C22H27N3O3S. The second-order valence-electron chi connectivity index (χ2n) is 7.84. The molecule has 0 N–H and O–H groups in total. The molecule has 1 aliphatic heterocycles. The molecule has 2 heterocycles. The number of sulfonamides is 1. The Hall–Kier alpha value is -2.25. The first-order valence-corrected chi connectivity index (χ1v) is 11.8. The molecule has 7 heteroatoms. The maximum absolute atomic E-state index is 13.0. The van der Waals surface area contributed by atoms with Crippen LogP contribution in [-0.4, -0.2) is 54.7 Å². The average Bonchev–Trinajstić information content (AvgIpc) is 2.80. The highest BCUT2D eigenvalue weighted by Gasteiger charge is 2.30. The predicted molar refractivity (Wildman–Crippen MR) is 111 cm³/mol. The van der Waals surface area contributed by atoms with Gasteiger partial charge in [-0.15, -0.1) is 0 Å². The van der Waals surface area contributed by atoms with Crippen molar-refractivity contribution < 1.29 is 13.2 Å². The van der Waals surface area contributed by atoms with Crippen molar-refractivity contribution in [2.45, 2.75) is 42.9 Å². The Bertz CT molecular complexity index is 931. The van der Waals surface area contributed by atoms with E-state index in [2.05, 4.69) is 4.98 Å². The molecule has 2 aliphatic rings. The normalized spacial score (nSPS) is 19.2. The standard InChI is InChI=1S/C22H27N3O3S/c26-22(20-7-4-12-23-17-20)24-13-15-25(16-14-24)29(27,28)21-10-8-19(9-11-21)18-5-2-1-3-6-18/h4,7-12,17-18H,1-3,5-6,13-16H2. The summed E-state index contributed by atoms with van der Waals surface area (Å²) in [6, 6.07) is 10.9. The van der Waals surface area contributed by atoms with Crippen molar-refractivity contribution in [3.05, 3.63) is 59.9 Å². The summed E-state index contributed by atoms with van der Waals surface area (Å²) in [6.45, 7) is 1.37. The summed E-state index contributed by atoms with van der Waals surface area (Å²) in [5.41, 5.74) is 1.78. The van der Waals surface area contributed by atoms with Gasteiger partial charge in [-0.1, -0.05) is 31.4 Å². The number of hydrogen-bond donors (Lipinski definition) is 0. The van der Waals surface area contributed by atoms with Crippen LogP contribution in [0.25, 0.3) is 0 Å². The highest BCUT2D eigenvalue weighted by molar-refractivity contribution is 7.89. The van der Waals surface area contributed by atoms with Crippen LogP contribution in [0.3, 0.4) is 0 Å². The average molecular weight is 414 g/mol. The minimum Gasteiger partial charge on any atom is -0.336 e. The third kappa shape index (κ3) is 4.36. The number of piperazine rings is 1. The van der Waals surface area contributed by atoms with E-state index in [0.29, 0.717) is 42.6 Å². The number of carbonyl (C=O) groups excluding carboxylic acids is 1. The maximum atomic E-state index is 13.0. The van der Waals surface area contributed by atoms with Crippen molar-refractivity contribution in [1.82, 2.24) is 14.2 Å². The molecule has 1 aromatic carbocycles. The van der Waals surface area contributed by atoms with E-state index in [1.165, 1.54) is 42.0 Å². The first-order valence-electron chi connectivity index (χ1n) is 10.3. The smallest absolute Gasteiger partial charge is 0.255 e. The molecule has 1 aliphatic carbocycles. The number of nitrogens with zero attached hydrogens (tertiary/aromatic N) is 3. The molecule has 0 unspecified atom stereocenters. The van der Waals surface area contributed by atoms with Gasteiger partial charge in [-0.3, -0.25) is 9.78 Å². The summed E-state index contributed by atoms with van der Waals surface area (Å²) >= 11 is 0. The summed E-state index contributed by atoms with van der Waals surface area (Å²) in [6.07, 6.45) is 9.37. The van der Waals surface area contributed by atoms with E-state index in [1.807, 2.05) is 12.1 Å². The molecule has 2 aromatic rings. The van der Waals surface area contributed by atoms with Crippen LogP contribution in [0.1, 0.15) is 53.9 Å². The number of pyridine rings is 1. The van der Waals surface area contributed by atoms with Gasteiger partial charge < -0.3 is 4.90 Å². The second-order valence-corrected chi connectivity index (χ2v) is 9.78. The van der Waals surface area contributed by atoms with Gasteiger partial charge in [0.05, 0.1) is 10.5 Å². The third-order valence-corrected chi connectivity index (χ3v) is 7.94. The lowest BCUT2D eigenvalue weighted by Gasteiger charge is -2.34. The molecule has 6 nitrogen and oxygen atoms in total. The molecule has 1 saturated carbocycles. The van der Waals surface area contributed by atoms with Gasteiger partial charge >= 0.3 is 0 Å². The van der Waals surface area contributed by atoms with E-state index in [4.69, 9.17) is 0 Å². The summed E-state index contributed by atoms with van der Waals surface area (Å²) < 4.78 is 27.5. The third-order valence-electron chi connectivity index (χ3n) is 6.03. The first kappa shape index (κ1) is 20.0. The van der Waals surface area contributed by atoms with Crippen LogP contribution >= 0.6 is 0 Å². The highest BCUT2D eigenvalue weighted by atomic mass is 32.2. The molecule has 29 heavy (non-hydrogen) atoms. The van der Waals surface area contributed by atoms with E-state index < -0.39 is 10.0 Å². The van der Waals surface area contributed by atoms with Gasteiger partial charge in [0, 0.05) is 38.6 Å². The highest BCUT2D eigenvalue weighted by Crippen LogP contribution is 2.33. The molecule has 0 spiro atoms. The lowest BCUT2D eigenvalue weighted by Crippen LogP contribution is -2.50. The molecular weight excluding hydrogens is 386 g/mol. The number of amides is 1. The zero-order valence-electron chi connectivity index (χ0n) is 16.5. The van der Waals surface area contributed by atoms with E-state index >= 15 is 0 Å². The molecule has 154 valence electrons. The van der Waals surface area contributed by atoms with Crippen LogP contribution in [0.2, 0.25) is 0 Å². The minimum absolute atomic E-state index is 0.105. The van der Waals surface area contributed by atoms with E-state index in [-0.39, 0.29) is 5.91 Å². The Morgan fingerprint density at radius 2 is 1.62 bits per heavy atom. The molecule has 4 rings (SSSR count). The van der Waals surface area contributed by atoms with Crippen molar-refractivity contribution in [3.8, 4) is 0 Å². The lowest BCUT2D eigenvalue weighted by atomic mass is 9.84. The van der Waals surface area contributed by atoms with Crippen LogP contribution in [-0.2, 0) is 10.0 Å². The van der Waals surface area contributed by atoms with Crippen LogP contribution in [0.15, 0.2) is 53.7 Å². The van der Waals surface area contributed by atoms with Crippen LogP contribution in [0.5, 0.6) is 0 Å². The van der Waals surface area contributed by atoms with E-state index in [1.54, 1.807) is 41.6 Å². The molecule has 2 fully saturated rings. The molecule has 0 atom stereocenters. The molecule has 0 bridgehead atoms. The topological polar surface area (TPSA) is 70.6 Å².